The van der Waals surface area contributed by atoms with Crippen LogP contribution in [0.3, 0.4) is 0 Å². The summed E-state index contributed by atoms with van der Waals surface area (Å²) in [7, 11) is 0. The minimum atomic E-state index is -5.15. The number of ether oxygens (including phenoxy) is 1. The van der Waals surface area contributed by atoms with Gasteiger partial charge in [0.25, 0.3) is 0 Å². The molecule has 0 aliphatic heterocycles. The van der Waals surface area contributed by atoms with Crippen LogP contribution in [0.4, 0.5) is 26.3 Å². The van der Waals surface area contributed by atoms with E-state index < -0.39 is 23.9 Å². The number of benzene rings is 1. The van der Waals surface area contributed by atoms with E-state index in [4.69, 9.17) is 0 Å². The quantitative estimate of drug-likeness (QED) is 0.541. The number of hydrogen-bond acceptors (Lipinski definition) is 1. The second kappa shape index (κ2) is 4.30. The first-order valence-electron chi connectivity index (χ1n) is 3.72. The molecule has 0 amide bonds. The molecule has 0 saturated heterocycles. The van der Waals surface area contributed by atoms with Gasteiger partial charge in [0.15, 0.2) is 0 Å². The molecule has 0 atom stereocenters. The summed E-state index contributed by atoms with van der Waals surface area (Å²) in [4.78, 5) is 0. The fourth-order valence-electron chi connectivity index (χ4n) is 0.937. The summed E-state index contributed by atoms with van der Waals surface area (Å²) in [6.45, 7) is 0. The topological polar surface area (TPSA) is 9.23 Å². The highest BCUT2D eigenvalue weighted by Gasteiger charge is 2.39. The molecule has 0 fully saturated rings. The zero-order valence-corrected chi connectivity index (χ0v) is 9.44. The lowest BCUT2D eigenvalue weighted by Crippen LogP contribution is -2.20. The third-order valence-corrected chi connectivity index (χ3v) is 2.14. The molecule has 0 bridgehead atoms. The van der Waals surface area contributed by atoms with Crippen molar-refractivity contribution in [1.82, 2.24) is 0 Å². The van der Waals surface area contributed by atoms with Crippen molar-refractivity contribution in [3.05, 3.63) is 27.3 Å². The summed E-state index contributed by atoms with van der Waals surface area (Å²) < 4.78 is 76.0. The number of hydrogen-bond donors (Lipinski definition) is 0. The van der Waals surface area contributed by atoms with Crippen LogP contribution in [0.25, 0.3) is 0 Å². The maximum absolute atomic E-state index is 12.4. The van der Waals surface area contributed by atoms with Crippen LogP contribution >= 0.6 is 22.6 Å². The number of rotatable bonds is 1. The van der Waals surface area contributed by atoms with Crippen LogP contribution < -0.4 is 4.74 Å². The molecule has 1 rings (SSSR count). The molecule has 1 aromatic rings. The van der Waals surface area contributed by atoms with E-state index in [1.165, 1.54) is 0 Å². The van der Waals surface area contributed by atoms with E-state index in [1.807, 2.05) is 0 Å². The largest absolute Gasteiger partial charge is 0.573 e. The first kappa shape index (κ1) is 13.4. The third kappa shape index (κ3) is 3.72. The summed E-state index contributed by atoms with van der Waals surface area (Å²) in [5, 5.41) is 0. The van der Waals surface area contributed by atoms with Crippen LogP contribution in [0.2, 0.25) is 0 Å². The summed E-state index contributed by atoms with van der Waals surface area (Å²) in [6, 6.07) is 2.32. The lowest BCUT2D eigenvalue weighted by Gasteiger charge is -2.15. The Bertz CT molecular complexity index is 383. The molecule has 0 aliphatic rings. The minimum absolute atomic E-state index is 0.166. The van der Waals surface area contributed by atoms with Crippen LogP contribution in [0, 0.1) is 3.57 Å². The zero-order chi connectivity index (χ0) is 12.6. The first-order valence-corrected chi connectivity index (χ1v) is 4.80. The molecular weight excluding hydrogens is 353 g/mol. The first-order chi connectivity index (χ1) is 7.09. The van der Waals surface area contributed by atoms with Crippen molar-refractivity contribution in [3.8, 4) is 5.75 Å². The van der Waals surface area contributed by atoms with E-state index in [2.05, 4.69) is 4.74 Å². The highest BCUT2D eigenvalue weighted by Crippen LogP contribution is 2.39. The van der Waals surface area contributed by atoms with E-state index in [0.717, 1.165) is 6.07 Å². The Kier molecular flexibility index (Phi) is 3.60. The molecule has 0 spiro atoms. The van der Waals surface area contributed by atoms with Gasteiger partial charge in [-0.2, -0.15) is 13.2 Å². The van der Waals surface area contributed by atoms with Gasteiger partial charge in [-0.25, -0.2) is 0 Å². The Hall–Kier alpha value is -0.670. The molecule has 90 valence electrons. The fraction of sp³-hybridized carbons (Fsp3) is 0.250. The molecule has 0 saturated carbocycles. The van der Waals surface area contributed by atoms with Crippen LogP contribution in [0.15, 0.2) is 18.2 Å². The van der Waals surface area contributed by atoms with E-state index >= 15 is 0 Å². The molecule has 1 aromatic carbocycles. The molecule has 0 aliphatic carbocycles. The molecule has 0 N–H and O–H groups in total. The lowest BCUT2D eigenvalue weighted by molar-refractivity contribution is -0.276. The van der Waals surface area contributed by atoms with Crippen molar-refractivity contribution >= 4 is 22.6 Å². The molecule has 0 heterocycles. The molecule has 16 heavy (non-hydrogen) atoms. The van der Waals surface area contributed by atoms with Gasteiger partial charge in [-0.05, 0) is 40.8 Å². The van der Waals surface area contributed by atoms with Gasteiger partial charge in [0.1, 0.15) is 5.75 Å². The van der Waals surface area contributed by atoms with Crippen LogP contribution in [0.5, 0.6) is 5.75 Å². The summed E-state index contributed by atoms with van der Waals surface area (Å²) in [5.74, 6) is -1.25. The van der Waals surface area contributed by atoms with E-state index in [-0.39, 0.29) is 3.57 Å². The van der Waals surface area contributed by atoms with Gasteiger partial charge in [0.05, 0.1) is 5.56 Å². The van der Waals surface area contributed by atoms with Gasteiger partial charge in [0.2, 0.25) is 0 Å². The summed E-state index contributed by atoms with van der Waals surface area (Å²) in [6.07, 6.45) is -10.0. The summed E-state index contributed by atoms with van der Waals surface area (Å²) >= 11 is 1.56. The van der Waals surface area contributed by atoms with Gasteiger partial charge in [-0.3, -0.25) is 0 Å². The average molecular weight is 356 g/mol. The fourth-order valence-corrected chi connectivity index (χ4v) is 1.43. The number of alkyl halides is 6. The van der Waals surface area contributed by atoms with Gasteiger partial charge in [0, 0.05) is 3.57 Å². The molecular formula is C8H3F6IO. The number of halogens is 7. The molecule has 8 heteroatoms. The Morgan fingerprint density at radius 2 is 1.56 bits per heavy atom. The van der Waals surface area contributed by atoms with Gasteiger partial charge < -0.3 is 4.74 Å². The molecule has 0 unspecified atom stereocenters. The van der Waals surface area contributed by atoms with Crippen LogP contribution in [-0.4, -0.2) is 6.36 Å². The normalized spacial score (nSPS) is 12.7. The lowest BCUT2D eigenvalue weighted by atomic mass is 10.2. The second-order valence-corrected chi connectivity index (χ2v) is 3.93. The predicted molar refractivity (Wildman–Crippen MR) is 50.8 cm³/mol. The smallest absolute Gasteiger partial charge is 0.405 e. The van der Waals surface area contributed by atoms with Crippen molar-refractivity contribution in [3.63, 3.8) is 0 Å². The van der Waals surface area contributed by atoms with E-state index in [0.29, 0.717) is 12.1 Å². The van der Waals surface area contributed by atoms with Gasteiger partial charge in [-0.1, -0.05) is 0 Å². The highest BCUT2D eigenvalue weighted by atomic mass is 127. The second-order valence-electron chi connectivity index (χ2n) is 2.69. The third-order valence-electron chi connectivity index (χ3n) is 1.47. The SMILES string of the molecule is FC(F)(F)Oc1ccc(I)cc1C(F)(F)F. The van der Waals surface area contributed by atoms with Crippen LogP contribution in [-0.2, 0) is 6.18 Å². The average Bonchev–Trinajstić information content (AvgIpc) is 2.04. The van der Waals surface area contributed by atoms with Crippen LogP contribution in [0.1, 0.15) is 5.56 Å². The van der Waals surface area contributed by atoms with Crippen molar-refractivity contribution in [2.75, 3.05) is 0 Å². The Balaban J connectivity index is 3.19. The van der Waals surface area contributed by atoms with Crippen molar-refractivity contribution in [2.45, 2.75) is 12.5 Å². The molecule has 1 nitrogen and oxygen atoms in total. The predicted octanol–water partition coefficient (Wildman–Crippen LogP) is 4.21. The van der Waals surface area contributed by atoms with E-state index in [1.54, 1.807) is 22.6 Å². The standard InChI is InChI=1S/C8H3F6IO/c9-7(10,11)5-3-4(15)1-2-6(5)16-8(12,13)14/h1-3H. The maximum atomic E-state index is 12.4. The molecule has 0 aromatic heterocycles. The highest BCUT2D eigenvalue weighted by molar-refractivity contribution is 14.1. The maximum Gasteiger partial charge on any atom is 0.573 e. The minimum Gasteiger partial charge on any atom is -0.405 e. The Labute approximate surface area is 99.5 Å². The Morgan fingerprint density at radius 3 is 2.00 bits per heavy atom. The van der Waals surface area contributed by atoms with Crippen molar-refractivity contribution < 1.29 is 31.1 Å². The van der Waals surface area contributed by atoms with Crippen molar-refractivity contribution in [2.24, 2.45) is 0 Å². The van der Waals surface area contributed by atoms with Gasteiger partial charge >= 0.3 is 12.5 Å². The Morgan fingerprint density at radius 1 is 1.00 bits per heavy atom. The van der Waals surface area contributed by atoms with Crippen molar-refractivity contribution in [1.29, 1.82) is 0 Å². The monoisotopic (exact) mass is 356 g/mol. The molecule has 0 radical (unpaired) electrons. The van der Waals surface area contributed by atoms with Gasteiger partial charge in [-0.15, -0.1) is 13.2 Å². The summed E-state index contributed by atoms with van der Waals surface area (Å²) in [5.41, 5.74) is -1.45. The zero-order valence-electron chi connectivity index (χ0n) is 7.29. The van der Waals surface area contributed by atoms with E-state index in [9.17, 15) is 26.3 Å².